The van der Waals surface area contributed by atoms with Gasteiger partial charge in [-0.2, -0.15) is 0 Å². The summed E-state index contributed by atoms with van der Waals surface area (Å²) in [5, 5.41) is 11.2. The zero-order chi connectivity index (χ0) is 30.6. The third-order valence-corrected chi connectivity index (χ3v) is 9.89. The Balaban J connectivity index is 1.73. The molecule has 4 aliphatic rings. The van der Waals surface area contributed by atoms with Crippen molar-refractivity contribution in [2.75, 3.05) is 14.1 Å². The Labute approximate surface area is 243 Å². The second-order valence-corrected chi connectivity index (χ2v) is 13.4. The number of aliphatic hydroxyl groups is 1. The van der Waals surface area contributed by atoms with Gasteiger partial charge in [-0.25, -0.2) is 4.79 Å². The van der Waals surface area contributed by atoms with Gasteiger partial charge in [0.15, 0.2) is 17.7 Å². The SMILES string of the molecule is CC[C@H]1OC(=O)O[C@@]1(C)[C@@H]1OC(=O)[C@H](C)C(=O)[C@H](C)[C@@H](O[C@@H]2OC(C)CC(N(C)C)C2O)[C@]2(C)CC(C)C(O2)[C@@H]1C. The van der Waals surface area contributed by atoms with Crippen molar-refractivity contribution in [2.45, 2.75) is 135 Å². The van der Waals surface area contributed by atoms with Gasteiger partial charge in [0, 0.05) is 17.9 Å². The number of hydrogen-bond donors (Lipinski definition) is 1. The number of ether oxygens (including phenoxy) is 6. The Kier molecular flexibility index (Phi) is 9.18. The van der Waals surface area contributed by atoms with Crippen LogP contribution in [-0.4, -0.2) is 102 Å². The van der Waals surface area contributed by atoms with E-state index in [1.807, 2.05) is 46.7 Å². The molecule has 0 aromatic heterocycles. The van der Waals surface area contributed by atoms with Crippen molar-refractivity contribution < 1.29 is 47.9 Å². The molecule has 11 nitrogen and oxygen atoms in total. The van der Waals surface area contributed by atoms with Crippen molar-refractivity contribution in [3.8, 4) is 0 Å². The normalized spacial score (nSPS) is 49.3. The lowest BCUT2D eigenvalue weighted by molar-refractivity contribution is -0.295. The third kappa shape index (κ3) is 5.77. The maximum atomic E-state index is 13.9. The summed E-state index contributed by atoms with van der Waals surface area (Å²) in [5.41, 5.74) is -2.21. The number of nitrogens with zero attached hydrogens (tertiary/aromatic N) is 1. The van der Waals surface area contributed by atoms with Crippen LogP contribution in [0.15, 0.2) is 0 Å². The van der Waals surface area contributed by atoms with Crippen molar-refractivity contribution in [3.63, 3.8) is 0 Å². The van der Waals surface area contributed by atoms with Crippen LogP contribution in [0.5, 0.6) is 0 Å². The second kappa shape index (κ2) is 11.7. The summed E-state index contributed by atoms with van der Waals surface area (Å²) < 4.78 is 36.6. The second-order valence-electron chi connectivity index (χ2n) is 13.4. The van der Waals surface area contributed by atoms with Crippen molar-refractivity contribution in [1.29, 1.82) is 0 Å². The number of cyclic esters (lactones) is 3. The van der Waals surface area contributed by atoms with Crippen molar-refractivity contribution in [3.05, 3.63) is 0 Å². The molecule has 0 aromatic rings. The number of rotatable bonds is 5. The van der Waals surface area contributed by atoms with Gasteiger partial charge in [-0.3, -0.25) is 9.59 Å². The molecule has 0 saturated carbocycles. The summed E-state index contributed by atoms with van der Waals surface area (Å²) in [6.07, 6.45) is -4.08. The monoisotopic (exact) mass is 583 g/mol. The average molecular weight is 584 g/mol. The number of Topliss-reactive ketones (excluding diaryl/α,β-unsaturated/α-hetero) is 1. The van der Waals surface area contributed by atoms with E-state index >= 15 is 0 Å². The van der Waals surface area contributed by atoms with E-state index in [1.165, 1.54) is 6.92 Å². The number of carbonyl (C=O) groups excluding carboxylic acids is 3. The molecule has 0 radical (unpaired) electrons. The molecule has 41 heavy (non-hydrogen) atoms. The maximum absolute atomic E-state index is 13.9. The third-order valence-electron chi connectivity index (χ3n) is 9.89. The summed E-state index contributed by atoms with van der Waals surface area (Å²) in [5.74, 6) is -3.41. The number of likely N-dealkylation sites (N-methyl/N-ethyl adjacent to an activating group) is 1. The minimum atomic E-state index is -1.27. The van der Waals surface area contributed by atoms with Crippen LogP contribution in [-0.2, 0) is 38.0 Å². The quantitative estimate of drug-likeness (QED) is 0.379. The first kappa shape index (κ1) is 32.1. The van der Waals surface area contributed by atoms with Gasteiger partial charge in [-0.05, 0) is 67.0 Å². The Morgan fingerprint density at radius 2 is 1.71 bits per heavy atom. The van der Waals surface area contributed by atoms with Crippen molar-refractivity contribution in [1.82, 2.24) is 4.90 Å². The van der Waals surface area contributed by atoms with Crippen LogP contribution in [0.3, 0.4) is 0 Å². The molecule has 4 saturated heterocycles. The first-order valence-electron chi connectivity index (χ1n) is 15.0. The average Bonchev–Trinajstić information content (AvgIpc) is 3.38. The van der Waals surface area contributed by atoms with E-state index in [-0.39, 0.29) is 23.8 Å². The molecule has 1 N–H and O–H groups in total. The Bertz CT molecular complexity index is 1010. The van der Waals surface area contributed by atoms with Crippen LogP contribution in [0.25, 0.3) is 0 Å². The van der Waals surface area contributed by atoms with Gasteiger partial charge in [-0.1, -0.05) is 27.7 Å². The predicted octanol–water partition coefficient (Wildman–Crippen LogP) is 3.09. The van der Waals surface area contributed by atoms with E-state index in [9.17, 15) is 19.5 Å². The molecule has 5 unspecified atom stereocenters. The van der Waals surface area contributed by atoms with Gasteiger partial charge in [0.2, 0.25) is 0 Å². The van der Waals surface area contributed by atoms with E-state index in [0.29, 0.717) is 19.3 Å². The fourth-order valence-electron chi connectivity index (χ4n) is 7.67. The van der Waals surface area contributed by atoms with Crippen molar-refractivity contribution >= 4 is 17.9 Å². The zero-order valence-corrected chi connectivity index (χ0v) is 26.1. The molecule has 0 aliphatic carbocycles. The van der Waals surface area contributed by atoms with Crippen LogP contribution < -0.4 is 0 Å². The number of hydrogen-bond acceptors (Lipinski definition) is 11. The minimum absolute atomic E-state index is 0.0196. The Hall–Kier alpha value is -1.79. The smallest absolute Gasteiger partial charge is 0.457 e. The van der Waals surface area contributed by atoms with Crippen molar-refractivity contribution in [2.24, 2.45) is 23.7 Å². The molecule has 11 heteroatoms. The van der Waals surface area contributed by atoms with Crippen LogP contribution in [0.2, 0.25) is 0 Å². The van der Waals surface area contributed by atoms with Crippen LogP contribution in [0, 0.1) is 23.7 Å². The van der Waals surface area contributed by atoms with Crippen LogP contribution >= 0.6 is 0 Å². The molecule has 234 valence electrons. The van der Waals surface area contributed by atoms with E-state index in [1.54, 1.807) is 13.8 Å². The molecule has 2 bridgehead atoms. The number of fused-ring (bicyclic) bond motifs is 2. The molecule has 0 aromatic carbocycles. The van der Waals surface area contributed by atoms with Gasteiger partial charge in [0.25, 0.3) is 0 Å². The fraction of sp³-hybridized carbons (Fsp3) is 0.900. The van der Waals surface area contributed by atoms with E-state index in [4.69, 9.17) is 28.4 Å². The Morgan fingerprint density at radius 3 is 2.32 bits per heavy atom. The summed E-state index contributed by atoms with van der Waals surface area (Å²) >= 11 is 0. The molecule has 0 amide bonds. The molecule has 0 spiro atoms. The molecule has 4 rings (SSSR count). The number of aliphatic hydroxyl groups excluding tert-OH is 1. The number of ketones is 1. The standard InChI is InChI=1S/C30H49NO10/c1-11-20-30(8,41-28(35)37-20)25-18(6)23-14(2)13-29(7,40-23)24(16(4)21(32)17(5)26(34)38-25)39-27-22(33)19(31(9)10)12-15(3)36-27/h14-20,22-25,27,33H,11-13H2,1-10H3/t14?,15?,16-,17+,18-,19?,20+,22?,23?,24+,25+,27-,29-,30+/m0/s1. The topological polar surface area (TPSA) is 130 Å². The fourth-order valence-corrected chi connectivity index (χ4v) is 7.67. The predicted molar refractivity (Wildman–Crippen MR) is 147 cm³/mol. The largest absolute Gasteiger partial charge is 0.509 e. The highest BCUT2D eigenvalue weighted by Gasteiger charge is 2.61. The summed E-state index contributed by atoms with van der Waals surface area (Å²) in [4.78, 5) is 41.6. The van der Waals surface area contributed by atoms with Gasteiger partial charge >= 0.3 is 12.1 Å². The maximum Gasteiger partial charge on any atom is 0.509 e. The molecule has 4 aliphatic heterocycles. The zero-order valence-electron chi connectivity index (χ0n) is 26.1. The molecular weight excluding hydrogens is 534 g/mol. The lowest BCUT2D eigenvalue weighted by Crippen LogP contribution is -2.58. The first-order valence-corrected chi connectivity index (χ1v) is 15.0. The van der Waals surface area contributed by atoms with Crippen LogP contribution in [0.1, 0.15) is 74.7 Å². The van der Waals surface area contributed by atoms with Gasteiger partial charge < -0.3 is 38.4 Å². The van der Waals surface area contributed by atoms with Crippen LogP contribution in [0.4, 0.5) is 4.79 Å². The summed E-state index contributed by atoms with van der Waals surface area (Å²) in [6.45, 7) is 14.6. The highest BCUT2D eigenvalue weighted by atomic mass is 16.8. The summed E-state index contributed by atoms with van der Waals surface area (Å²) in [6, 6.07) is -0.195. The molecular formula is C30H49NO10. The molecule has 4 heterocycles. The molecule has 4 fully saturated rings. The highest BCUT2D eigenvalue weighted by Crippen LogP contribution is 2.48. The lowest BCUT2D eigenvalue weighted by Gasteiger charge is -2.45. The minimum Gasteiger partial charge on any atom is -0.457 e. The van der Waals surface area contributed by atoms with Gasteiger partial charge in [-0.15, -0.1) is 0 Å². The van der Waals surface area contributed by atoms with E-state index < -0.39 is 77.9 Å². The van der Waals surface area contributed by atoms with Gasteiger partial charge in [0.05, 0.1) is 23.9 Å². The Morgan fingerprint density at radius 1 is 1.05 bits per heavy atom. The highest BCUT2D eigenvalue weighted by molar-refractivity contribution is 6.00. The number of esters is 1. The van der Waals surface area contributed by atoms with E-state index in [0.717, 1.165) is 0 Å². The number of carbonyl (C=O) groups is 3. The summed E-state index contributed by atoms with van der Waals surface area (Å²) in [7, 11) is 3.80. The molecule has 14 atom stereocenters. The van der Waals surface area contributed by atoms with Gasteiger partial charge in [0.1, 0.15) is 24.2 Å². The first-order chi connectivity index (χ1) is 19.0. The van der Waals surface area contributed by atoms with E-state index in [2.05, 4.69) is 6.92 Å². The lowest BCUT2D eigenvalue weighted by atomic mass is 9.76.